The van der Waals surface area contributed by atoms with Gasteiger partial charge in [0.15, 0.2) is 5.78 Å². The van der Waals surface area contributed by atoms with Gasteiger partial charge in [-0.2, -0.15) is 0 Å². The van der Waals surface area contributed by atoms with Crippen molar-refractivity contribution in [2.45, 2.75) is 40.2 Å². The van der Waals surface area contributed by atoms with Crippen molar-refractivity contribution in [3.8, 4) is 0 Å². The van der Waals surface area contributed by atoms with Crippen LogP contribution in [0.25, 0.3) is 0 Å². The summed E-state index contributed by atoms with van der Waals surface area (Å²) in [6, 6.07) is 0. The van der Waals surface area contributed by atoms with Crippen LogP contribution in [0.15, 0.2) is 11.8 Å². The molecule has 0 aromatic carbocycles. The minimum absolute atomic E-state index is 0.0377. The molecule has 1 N–H and O–H groups in total. The average Bonchev–Trinajstić information content (AvgIpc) is 1.53. The Balaban J connectivity index is 4.07. The third-order valence-corrected chi connectivity index (χ3v) is 0.992. The van der Waals surface area contributed by atoms with Crippen LogP contribution in [0.5, 0.6) is 0 Å². The van der Waals surface area contributed by atoms with E-state index >= 15 is 0 Å². The molecule has 0 aliphatic heterocycles. The standard InChI is InChI=1S/C9H17NO/c1-7(6-8(2)11)10-9(3,4)5/h6,10H,1-5H3. The molecule has 0 spiro atoms. The summed E-state index contributed by atoms with van der Waals surface area (Å²) >= 11 is 0. The largest absolute Gasteiger partial charge is 0.384 e. The van der Waals surface area contributed by atoms with E-state index in [1.54, 1.807) is 13.0 Å². The molecule has 0 saturated carbocycles. The Labute approximate surface area is 68.7 Å². The summed E-state index contributed by atoms with van der Waals surface area (Å²) in [4.78, 5) is 10.6. The average molecular weight is 155 g/mol. The molecule has 0 aromatic rings. The molecule has 0 saturated heterocycles. The monoisotopic (exact) mass is 155 g/mol. The Kier molecular flexibility index (Phi) is 3.30. The van der Waals surface area contributed by atoms with Crippen LogP contribution in [-0.4, -0.2) is 11.3 Å². The number of nitrogens with one attached hydrogen (secondary N) is 1. The quantitative estimate of drug-likeness (QED) is 0.617. The fourth-order valence-corrected chi connectivity index (χ4v) is 0.932. The molecule has 0 bridgehead atoms. The second-order valence-electron chi connectivity index (χ2n) is 3.81. The van der Waals surface area contributed by atoms with E-state index in [1.807, 2.05) is 6.92 Å². The highest BCUT2D eigenvalue weighted by atomic mass is 16.1. The fraction of sp³-hybridized carbons (Fsp3) is 0.667. The smallest absolute Gasteiger partial charge is 0.154 e. The van der Waals surface area contributed by atoms with Crippen LogP contribution in [0.2, 0.25) is 0 Å². The first kappa shape index (κ1) is 10.2. The van der Waals surface area contributed by atoms with Gasteiger partial charge in [0.1, 0.15) is 0 Å². The minimum Gasteiger partial charge on any atom is -0.384 e. The third kappa shape index (κ3) is 7.10. The Morgan fingerprint density at radius 1 is 1.27 bits per heavy atom. The Morgan fingerprint density at radius 3 is 2.00 bits per heavy atom. The molecular weight excluding hydrogens is 138 g/mol. The van der Waals surface area contributed by atoms with E-state index in [-0.39, 0.29) is 11.3 Å². The summed E-state index contributed by atoms with van der Waals surface area (Å²) in [5.41, 5.74) is 0.959. The van der Waals surface area contributed by atoms with Crippen molar-refractivity contribution in [1.82, 2.24) is 5.32 Å². The molecule has 2 heteroatoms. The van der Waals surface area contributed by atoms with Gasteiger partial charge in [-0.1, -0.05) is 0 Å². The molecule has 0 unspecified atom stereocenters. The summed E-state index contributed by atoms with van der Waals surface area (Å²) in [6.45, 7) is 9.62. The van der Waals surface area contributed by atoms with Gasteiger partial charge in [-0.15, -0.1) is 0 Å². The van der Waals surface area contributed by atoms with E-state index in [0.717, 1.165) is 5.70 Å². The second kappa shape index (κ2) is 3.56. The Morgan fingerprint density at radius 2 is 1.73 bits per heavy atom. The lowest BCUT2D eigenvalue weighted by molar-refractivity contribution is -0.112. The zero-order valence-electron chi connectivity index (χ0n) is 7.99. The zero-order valence-corrected chi connectivity index (χ0v) is 7.99. The van der Waals surface area contributed by atoms with Crippen molar-refractivity contribution in [3.63, 3.8) is 0 Å². The predicted molar refractivity (Wildman–Crippen MR) is 47.3 cm³/mol. The van der Waals surface area contributed by atoms with E-state index < -0.39 is 0 Å². The van der Waals surface area contributed by atoms with Crippen molar-refractivity contribution < 1.29 is 4.79 Å². The van der Waals surface area contributed by atoms with Crippen LogP contribution < -0.4 is 5.32 Å². The third-order valence-electron chi connectivity index (χ3n) is 0.992. The number of carbonyl (C=O) groups excluding carboxylic acids is 1. The van der Waals surface area contributed by atoms with E-state index in [1.165, 1.54) is 0 Å². The molecule has 64 valence electrons. The van der Waals surface area contributed by atoms with Gasteiger partial charge in [-0.05, 0) is 40.7 Å². The first-order chi connectivity index (χ1) is 4.81. The predicted octanol–water partition coefficient (Wildman–Crippen LogP) is 1.87. The number of allylic oxidation sites excluding steroid dienone is 2. The summed E-state index contributed by atoms with van der Waals surface area (Å²) in [5, 5.41) is 3.19. The molecule has 0 heterocycles. The van der Waals surface area contributed by atoms with E-state index in [0.29, 0.717) is 0 Å². The molecule has 0 aromatic heterocycles. The number of hydrogen-bond donors (Lipinski definition) is 1. The Hall–Kier alpha value is -0.790. The summed E-state index contributed by atoms with van der Waals surface area (Å²) in [5.74, 6) is 0.0826. The van der Waals surface area contributed by atoms with Gasteiger partial charge in [0.05, 0.1) is 0 Å². The number of ketones is 1. The van der Waals surface area contributed by atoms with Gasteiger partial charge in [-0.25, -0.2) is 0 Å². The summed E-state index contributed by atoms with van der Waals surface area (Å²) in [6.07, 6.45) is 1.60. The molecule has 0 rings (SSSR count). The molecule has 0 aliphatic rings. The molecule has 0 amide bonds. The molecule has 0 aliphatic carbocycles. The van der Waals surface area contributed by atoms with E-state index in [9.17, 15) is 4.79 Å². The molecule has 0 atom stereocenters. The van der Waals surface area contributed by atoms with Crippen molar-refractivity contribution in [1.29, 1.82) is 0 Å². The van der Waals surface area contributed by atoms with Gasteiger partial charge in [0, 0.05) is 11.2 Å². The number of rotatable bonds is 2. The van der Waals surface area contributed by atoms with Crippen molar-refractivity contribution in [3.05, 3.63) is 11.8 Å². The Bertz CT molecular complexity index is 174. The summed E-state index contributed by atoms with van der Waals surface area (Å²) in [7, 11) is 0. The van der Waals surface area contributed by atoms with E-state index in [2.05, 4.69) is 26.1 Å². The second-order valence-corrected chi connectivity index (χ2v) is 3.81. The lowest BCUT2D eigenvalue weighted by Crippen LogP contribution is -2.34. The lowest BCUT2D eigenvalue weighted by atomic mass is 10.1. The zero-order chi connectivity index (χ0) is 9.07. The van der Waals surface area contributed by atoms with Crippen molar-refractivity contribution >= 4 is 5.78 Å². The van der Waals surface area contributed by atoms with Gasteiger partial charge in [0.2, 0.25) is 0 Å². The van der Waals surface area contributed by atoms with Crippen LogP contribution in [0.4, 0.5) is 0 Å². The van der Waals surface area contributed by atoms with Crippen LogP contribution >= 0.6 is 0 Å². The van der Waals surface area contributed by atoms with Gasteiger partial charge < -0.3 is 5.32 Å². The maximum absolute atomic E-state index is 10.6. The summed E-state index contributed by atoms with van der Waals surface area (Å²) < 4.78 is 0. The number of carbonyl (C=O) groups is 1. The van der Waals surface area contributed by atoms with Crippen LogP contribution in [0.3, 0.4) is 0 Å². The molecule has 11 heavy (non-hydrogen) atoms. The van der Waals surface area contributed by atoms with E-state index in [4.69, 9.17) is 0 Å². The maximum atomic E-state index is 10.6. The van der Waals surface area contributed by atoms with Gasteiger partial charge in [0.25, 0.3) is 0 Å². The van der Waals surface area contributed by atoms with Gasteiger partial charge in [-0.3, -0.25) is 4.79 Å². The molecule has 0 radical (unpaired) electrons. The topological polar surface area (TPSA) is 29.1 Å². The van der Waals surface area contributed by atoms with Gasteiger partial charge >= 0.3 is 0 Å². The highest BCUT2D eigenvalue weighted by Crippen LogP contribution is 2.02. The van der Waals surface area contributed by atoms with Crippen LogP contribution in [-0.2, 0) is 4.79 Å². The highest BCUT2D eigenvalue weighted by Gasteiger charge is 2.08. The number of hydrogen-bond acceptors (Lipinski definition) is 2. The molecular formula is C9H17NO. The molecule has 0 fully saturated rings. The maximum Gasteiger partial charge on any atom is 0.154 e. The van der Waals surface area contributed by atoms with Crippen molar-refractivity contribution in [2.24, 2.45) is 0 Å². The fourth-order valence-electron chi connectivity index (χ4n) is 0.932. The first-order valence-electron chi connectivity index (χ1n) is 3.78. The SMILES string of the molecule is CC(=O)C=C(C)NC(C)(C)C. The first-order valence-corrected chi connectivity index (χ1v) is 3.78. The van der Waals surface area contributed by atoms with Crippen LogP contribution in [0, 0.1) is 0 Å². The van der Waals surface area contributed by atoms with Crippen LogP contribution in [0.1, 0.15) is 34.6 Å². The minimum atomic E-state index is 0.0377. The normalized spacial score (nSPS) is 13.0. The highest BCUT2D eigenvalue weighted by molar-refractivity contribution is 5.87. The lowest BCUT2D eigenvalue weighted by Gasteiger charge is -2.22. The van der Waals surface area contributed by atoms with Crippen molar-refractivity contribution in [2.75, 3.05) is 0 Å². The molecule has 2 nitrogen and oxygen atoms in total.